The lowest BCUT2D eigenvalue weighted by Crippen LogP contribution is -2.11. The van der Waals surface area contributed by atoms with Crippen molar-refractivity contribution in [2.24, 2.45) is 0 Å². The number of carbonyl (C=O) groups is 2. The summed E-state index contributed by atoms with van der Waals surface area (Å²) in [7, 11) is 1.29. The van der Waals surface area contributed by atoms with E-state index in [2.05, 4.69) is 4.74 Å². The molecule has 0 atom stereocenters. The number of nitro groups is 1. The van der Waals surface area contributed by atoms with Gasteiger partial charge in [0.05, 0.1) is 18.6 Å². The zero-order chi connectivity index (χ0) is 14.4. The van der Waals surface area contributed by atoms with E-state index in [0.29, 0.717) is 0 Å². The molecule has 0 aliphatic heterocycles. The third kappa shape index (κ3) is 3.77. The molecule has 0 aliphatic rings. The van der Waals surface area contributed by atoms with Gasteiger partial charge in [-0.2, -0.15) is 0 Å². The minimum Gasteiger partial charge on any atom is -0.490 e. The number of ketones is 1. The number of hydrogen-bond acceptors (Lipinski definition) is 6. The molecule has 0 unspecified atom stereocenters. The van der Waals surface area contributed by atoms with E-state index in [0.717, 1.165) is 6.07 Å². The smallest absolute Gasteiger partial charge is 0.313 e. The van der Waals surface area contributed by atoms with Gasteiger partial charge in [-0.1, -0.05) is 0 Å². The minimum absolute atomic E-state index is 0.0534. The molecule has 102 valence electrons. The fourth-order valence-corrected chi connectivity index (χ4v) is 1.45. The van der Waals surface area contributed by atoms with Crippen molar-refractivity contribution < 1.29 is 24.0 Å². The number of rotatable bonds is 6. The minimum atomic E-state index is -0.661. The monoisotopic (exact) mass is 267 g/mol. The maximum atomic E-state index is 11.7. The average Bonchev–Trinajstić information content (AvgIpc) is 2.37. The molecule has 1 aromatic carbocycles. The van der Waals surface area contributed by atoms with Gasteiger partial charge in [-0.3, -0.25) is 19.7 Å². The number of methoxy groups -OCH3 is 1. The van der Waals surface area contributed by atoms with Crippen molar-refractivity contribution >= 4 is 17.4 Å². The fourth-order valence-electron chi connectivity index (χ4n) is 1.45. The first-order chi connectivity index (χ1) is 8.99. The summed E-state index contributed by atoms with van der Waals surface area (Å²) in [6.45, 7) is 1.80. The summed E-state index contributed by atoms with van der Waals surface area (Å²) in [4.78, 5) is 33.1. The lowest BCUT2D eigenvalue weighted by atomic mass is 10.1. The molecule has 0 amide bonds. The second kappa shape index (κ2) is 6.48. The van der Waals surface area contributed by atoms with Crippen LogP contribution in [0.3, 0.4) is 0 Å². The van der Waals surface area contributed by atoms with Crippen molar-refractivity contribution in [1.82, 2.24) is 0 Å². The molecular formula is C12H13NO6. The number of nitrogens with zero attached hydrogens (tertiary/aromatic N) is 1. The fraction of sp³-hybridized carbons (Fsp3) is 0.333. The molecule has 1 rings (SSSR count). The number of carbonyl (C=O) groups excluding carboxylic acids is 2. The van der Waals surface area contributed by atoms with Crippen LogP contribution in [0.4, 0.5) is 5.69 Å². The predicted octanol–water partition coefficient (Wildman–Crippen LogP) is 1.74. The summed E-state index contributed by atoms with van der Waals surface area (Å²) in [5.41, 5.74) is -0.252. The second-order valence-electron chi connectivity index (χ2n) is 3.55. The molecule has 0 aromatic heterocycles. The summed E-state index contributed by atoms with van der Waals surface area (Å²) >= 11 is 0. The molecule has 0 fully saturated rings. The van der Waals surface area contributed by atoms with Gasteiger partial charge in [0.1, 0.15) is 6.42 Å². The summed E-state index contributed by atoms with van der Waals surface area (Å²) in [5.74, 6) is -1.15. The van der Waals surface area contributed by atoms with Gasteiger partial charge in [-0.05, 0) is 19.1 Å². The SMILES string of the molecule is CCOC(=O)CC(=O)c1ccc(OC)c([N+](=O)[O-])c1. The Morgan fingerprint density at radius 3 is 2.58 bits per heavy atom. The van der Waals surface area contributed by atoms with E-state index < -0.39 is 23.1 Å². The van der Waals surface area contributed by atoms with Crippen LogP contribution in [-0.2, 0) is 9.53 Å². The van der Waals surface area contributed by atoms with Crippen LogP contribution in [0.1, 0.15) is 23.7 Å². The Hall–Kier alpha value is -2.44. The molecule has 0 radical (unpaired) electrons. The van der Waals surface area contributed by atoms with E-state index in [-0.39, 0.29) is 23.6 Å². The predicted molar refractivity (Wildman–Crippen MR) is 65.2 cm³/mol. The molecule has 0 N–H and O–H groups in total. The normalized spacial score (nSPS) is 9.79. The average molecular weight is 267 g/mol. The van der Waals surface area contributed by atoms with E-state index in [1.54, 1.807) is 6.92 Å². The highest BCUT2D eigenvalue weighted by molar-refractivity contribution is 6.06. The van der Waals surface area contributed by atoms with Crippen LogP contribution in [0.25, 0.3) is 0 Å². The van der Waals surface area contributed by atoms with Gasteiger partial charge in [0.25, 0.3) is 0 Å². The first kappa shape index (κ1) is 14.6. The molecule has 1 aromatic rings. The Kier molecular flexibility index (Phi) is 4.99. The van der Waals surface area contributed by atoms with Crippen molar-refractivity contribution in [2.75, 3.05) is 13.7 Å². The number of Topliss-reactive ketones (excluding diaryl/α,β-unsaturated/α-hetero) is 1. The van der Waals surface area contributed by atoms with E-state index in [9.17, 15) is 19.7 Å². The van der Waals surface area contributed by atoms with E-state index >= 15 is 0 Å². The number of ether oxygens (including phenoxy) is 2. The maximum absolute atomic E-state index is 11.7. The molecule has 0 heterocycles. The zero-order valence-electron chi connectivity index (χ0n) is 10.5. The molecule has 7 nitrogen and oxygen atoms in total. The highest BCUT2D eigenvalue weighted by Crippen LogP contribution is 2.27. The quantitative estimate of drug-likeness (QED) is 0.256. The number of benzene rings is 1. The summed E-state index contributed by atoms with van der Waals surface area (Å²) < 4.78 is 9.45. The van der Waals surface area contributed by atoms with Gasteiger partial charge in [0, 0.05) is 11.6 Å². The van der Waals surface area contributed by atoms with Gasteiger partial charge in [-0.15, -0.1) is 0 Å². The molecular weight excluding hydrogens is 254 g/mol. The zero-order valence-corrected chi connectivity index (χ0v) is 10.5. The van der Waals surface area contributed by atoms with Crippen molar-refractivity contribution in [3.05, 3.63) is 33.9 Å². The lowest BCUT2D eigenvalue weighted by Gasteiger charge is -2.04. The van der Waals surface area contributed by atoms with Gasteiger partial charge < -0.3 is 9.47 Å². The van der Waals surface area contributed by atoms with Gasteiger partial charge in [-0.25, -0.2) is 0 Å². The number of hydrogen-bond donors (Lipinski definition) is 0. The van der Waals surface area contributed by atoms with Crippen LogP contribution >= 0.6 is 0 Å². The van der Waals surface area contributed by atoms with E-state index in [1.807, 2.05) is 0 Å². The lowest BCUT2D eigenvalue weighted by molar-refractivity contribution is -0.385. The molecule has 0 bridgehead atoms. The number of nitro benzene ring substituents is 1. The third-order valence-corrected chi connectivity index (χ3v) is 2.31. The summed E-state index contributed by atoms with van der Waals surface area (Å²) in [6, 6.07) is 3.77. The molecule has 0 spiro atoms. The standard InChI is InChI=1S/C12H13NO6/c1-3-19-12(15)7-10(14)8-4-5-11(18-2)9(6-8)13(16)17/h4-6H,3,7H2,1-2H3. The van der Waals surface area contributed by atoms with Crippen LogP contribution in [-0.4, -0.2) is 30.4 Å². The summed E-state index contributed by atoms with van der Waals surface area (Å²) in [6.07, 6.45) is -0.447. The van der Waals surface area contributed by atoms with Gasteiger partial charge >= 0.3 is 11.7 Å². The largest absolute Gasteiger partial charge is 0.490 e. The van der Waals surface area contributed by atoms with Gasteiger partial charge in [0.15, 0.2) is 11.5 Å². The first-order valence-electron chi connectivity index (χ1n) is 5.50. The topological polar surface area (TPSA) is 95.7 Å². The van der Waals surface area contributed by atoms with Crippen LogP contribution < -0.4 is 4.74 Å². The molecule has 0 aliphatic carbocycles. The van der Waals surface area contributed by atoms with E-state index in [4.69, 9.17) is 4.74 Å². The second-order valence-corrected chi connectivity index (χ2v) is 3.55. The van der Waals surface area contributed by atoms with Gasteiger partial charge in [0.2, 0.25) is 0 Å². The highest BCUT2D eigenvalue weighted by Gasteiger charge is 2.19. The van der Waals surface area contributed by atoms with Crippen LogP contribution in [0.15, 0.2) is 18.2 Å². The molecule has 0 saturated carbocycles. The Morgan fingerprint density at radius 2 is 2.05 bits per heavy atom. The Morgan fingerprint density at radius 1 is 1.37 bits per heavy atom. The summed E-state index contributed by atoms with van der Waals surface area (Å²) in [5, 5.41) is 10.8. The van der Waals surface area contributed by atoms with Crippen LogP contribution in [0.2, 0.25) is 0 Å². The Labute approximate surface area is 109 Å². The molecule has 19 heavy (non-hydrogen) atoms. The third-order valence-electron chi connectivity index (χ3n) is 2.31. The van der Waals surface area contributed by atoms with E-state index in [1.165, 1.54) is 19.2 Å². The van der Waals surface area contributed by atoms with Crippen molar-refractivity contribution in [3.8, 4) is 5.75 Å². The highest BCUT2D eigenvalue weighted by atomic mass is 16.6. The van der Waals surface area contributed by atoms with Crippen LogP contribution in [0.5, 0.6) is 5.75 Å². The van der Waals surface area contributed by atoms with Crippen molar-refractivity contribution in [1.29, 1.82) is 0 Å². The van der Waals surface area contributed by atoms with Crippen molar-refractivity contribution in [3.63, 3.8) is 0 Å². The maximum Gasteiger partial charge on any atom is 0.313 e. The number of esters is 1. The molecule has 7 heteroatoms. The van der Waals surface area contributed by atoms with Crippen molar-refractivity contribution in [2.45, 2.75) is 13.3 Å². The first-order valence-corrected chi connectivity index (χ1v) is 5.50. The Balaban J connectivity index is 2.95. The Bertz CT molecular complexity index is 511. The molecule has 0 saturated heterocycles. The van der Waals surface area contributed by atoms with Crippen LogP contribution in [0, 0.1) is 10.1 Å².